The van der Waals surface area contributed by atoms with Gasteiger partial charge >= 0.3 is 0 Å². The third kappa shape index (κ3) is 6.67. The number of aliphatic hydroxyl groups excluding tert-OH is 1. The van der Waals surface area contributed by atoms with E-state index in [1.54, 1.807) is 19.1 Å². The summed E-state index contributed by atoms with van der Waals surface area (Å²) >= 11 is 11.8. The zero-order valence-corrected chi connectivity index (χ0v) is 15.4. The van der Waals surface area contributed by atoms with Gasteiger partial charge in [-0.05, 0) is 43.4 Å². The number of hydrogen-bond acceptors (Lipinski definition) is 3. The first-order valence-corrected chi connectivity index (χ1v) is 8.63. The number of primary amides is 1. The van der Waals surface area contributed by atoms with Gasteiger partial charge in [0, 0.05) is 18.9 Å². The van der Waals surface area contributed by atoms with Crippen LogP contribution in [0.15, 0.2) is 18.2 Å². The number of hydrogen-bond donors (Lipinski definition) is 3. The Morgan fingerprint density at radius 1 is 1.25 bits per heavy atom. The van der Waals surface area contributed by atoms with E-state index in [4.69, 9.17) is 28.9 Å². The van der Waals surface area contributed by atoms with E-state index in [1.807, 2.05) is 6.07 Å². The molecule has 0 bridgehead atoms. The molecule has 0 radical (unpaired) electrons. The third-order valence-corrected chi connectivity index (χ3v) is 4.79. The number of nitrogens with one attached hydrogen (secondary N) is 1. The lowest BCUT2D eigenvalue weighted by atomic mass is 9.88. The summed E-state index contributed by atoms with van der Waals surface area (Å²) < 4.78 is 0. The lowest BCUT2D eigenvalue weighted by Crippen LogP contribution is -2.34. The summed E-state index contributed by atoms with van der Waals surface area (Å²) in [6, 6.07) is 5.34. The Hall–Kier alpha value is -1.30. The van der Waals surface area contributed by atoms with E-state index < -0.39 is 23.8 Å². The molecule has 0 saturated carbocycles. The van der Waals surface area contributed by atoms with Crippen LogP contribution in [0.5, 0.6) is 0 Å². The smallest absolute Gasteiger partial charge is 0.222 e. The molecule has 7 heteroatoms. The maximum Gasteiger partial charge on any atom is 0.222 e. The molecule has 3 atom stereocenters. The molecule has 1 aromatic rings. The first-order valence-electron chi connectivity index (χ1n) is 7.87. The average Bonchev–Trinajstić information content (AvgIpc) is 2.54. The minimum Gasteiger partial charge on any atom is -0.393 e. The molecule has 24 heavy (non-hydrogen) atoms. The van der Waals surface area contributed by atoms with Crippen molar-refractivity contribution in [1.82, 2.24) is 5.32 Å². The normalized spacial score (nSPS) is 14.7. The second kappa shape index (κ2) is 9.87. The van der Waals surface area contributed by atoms with Crippen LogP contribution in [0.25, 0.3) is 0 Å². The number of rotatable bonds is 9. The molecule has 5 nitrogen and oxygen atoms in total. The fraction of sp³-hybridized carbons (Fsp3) is 0.529. The molecule has 0 aromatic heterocycles. The lowest BCUT2D eigenvalue weighted by Gasteiger charge is -2.21. The largest absolute Gasteiger partial charge is 0.393 e. The van der Waals surface area contributed by atoms with Crippen molar-refractivity contribution in [2.75, 3.05) is 7.05 Å². The van der Waals surface area contributed by atoms with Gasteiger partial charge in [-0.15, -0.1) is 0 Å². The van der Waals surface area contributed by atoms with Crippen LogP contribution in [0.1, 0.15) is 31.7 Å². The van der Waals surface area contributed by atoms with Crippen molar-refractivity contribution in [3.63, 3.8) is 0 Å². The van der Waals surface area contributed by atoms with E-state index in [1.165, 1.54) is 7.05 Å². The number of carbonyl (C=O) groups is 2. The summed E-state index contributed by atoms with van der Waals surface area (Å²) in [5, 5.41) is 13.8. The number of nitrogens with two attached hydrogens (primary N) is 1. The second-order valence-electron chi connectivity index (χ2n) is 6.03. The van der Waals surface area contributed by atoms with Crippen LogP contribution in [0.3, 0.4) is 0 Å². The Kier molecular flexibility index (Phi) is 8.53. The highest BCUT2D eigenvalue weighted by Gasteiger charge is 2.25. The van der Waals surface area contributed by atoms with Gasteiger partial charge in [0.05, 0.1) is 16.1 Å². The number of amides is 2. The van der Waals surface area contributed by atoms with Gasteiger partial charge < -0.3 is 16.2 Å². The molecule has 134 valence electrons. The molecular weight excluding hydrogens is 351 g/mol. The van der Waals surface area contributed by atoms with Crippen LogP contribution in [0.4, 0.5) is 0 Å². The molecule has 1 aromatic carbocycles. The number of halogens is 2. The fourth-order valence-corrected chi connectivity index (χ4v) is 2.85. The van der Waals surface area contributed by atoms with Crippen molar-refractivity contribution in [3.8, 4) is 0 Å². The summed E-state index contributed by atoms with van der Waals surface area (Å²) in [6.07, 6.45) is 1.03. The van der Waals surface area contributed by atoms with E-state index in [0.29, 0.717) is 29.3 Å². The van der Waals surface area contributed by atoms with Gasteiger partial charge in [-0.3, -0.25) is 9.59 Å². The number of aryl methyl sites for hydroxylation is 1. The van der Waals surface area contributed by atoms with Crippen molar-refractivity contribution >= 4 is 35.0 Å². The van der Waals surface area contributed by atoms with Gasteiger partial charge in [-0.2, -0.15) is 0 Å². The van der Waals surface area contributed by atoms with Crippen molar-refractivity contribution in [1.29, 1.82) is 0 Å². The molecule has 0 spiro atoms. The van der Waals surface area contributed by atoms with Crippen LogP contribution in [0.2, 0.25) is 10.0 Å². The summed E-state index contributed by atoms with van der Waals surface area (Å²) in [7, 11) is 1.53. The predicted molar refractivity (Wildman–Crippen MR) is 95.9 cm³/mol. The maximum absolute atomic E-state index is 12.0. The Morgan fingerprint density at radius 3 is 2.46 bits per heavy atom. The molecule has 0 fully saturated rings. The van der Waals surface area contributed by atoms with Gasteiger partial charge in [0.15, 0.2) is 0 Å². The third-order valence-electron chi connectivity index (χ3n) is 4.05. The molecule has 0 saturated heterocycles. The zero-order valence-electron chi connectivity index (χ0n) is 13.9. The van der Waals surface area contributed by atoms with Crippen molar-refractivity contribution < 1.29 is 14.7 Å². The highest BCUT2D eigenvalue weighted by molar-refractivity contribution is 6.42. The summed E-state index contributed by atoms with van der Waals surface area (Å²) in [4.78, 5) is 23.2. The highest BCUT2D eigenvalue weighted by atomic mass is 35.5. The highest BCUT2D eigenvalue weighted by Crippen LogP contribution is 2.24. The van der Waals surface area contributed by atoms with Crippen molar-refractivity contribution in [2.45, 2.75) is 38.7 Å². The quantitative estimate of drug-likeness (QED) is 0.619. The molecule has 0 heterocycles. The maximum atomic E-state index is 12.0. The molecule has 1 rings (SSSR count). The standard InChI is InChI=1S/C17H24Cl2N2O3/c1-10(16(20)23)7-12(17(24)21-2)9-13(22)5-3-11-4-6-14(18)15(19)8-11/h4,6,8,10,12-13,22H,3,5,7,9H2,1-2H3,(H2,20,23)(H,21,24)/t10?,12-,13+/m1/s1. The first-order chi connectivity index (χ1) is 11.2. The van der Waals surface area contributed by atoms with Crippen LogP contribution in [-0.2, 0) is 16.0 Å². The van der Waals surface area contributed by atoms with Crippen LogP contribution < -0.4 is 11.1 Å². The Morgan fingerprint density at radius 2 is 1.92 bits per heavy atom. The summed E-state index contributed by atoms with van der Waals surface area (Å²) in [5.41, 5.74) is 6.22. The van der Waals surface area contributed by atoms with Gasteiger partial charge in [0.1, 0.15) is 0 Å². The van der Waals surface area contributed by atoms with E-state index in [9.17, 15) is 14.7 Å². The summed E-state index contributed by atoms with van der Waals surface area (Å²) in [5.74, 6) is -1.53. The number of aliphatic hydroxyl groups is 1. The average molecular weight is 375 g/mol. The van der Waals surface area contributed by atoms with E-state index in [2.05, 4.69) is 5.32 Å². The Bertz CT molecular complexity index is 581. The van der Waals surface area contributed by atoms with E-state index >= 15 is 0 Å². The first kappa shape index (κ1) is 20.7. The lowest BCUT2D eigenvalue weighted by molar-refractivity contribution is -0.127. The number of carbonyl (C=O) groups excluding carboxylic acids is 2. The minimum atomic E-state index is -0.665. The van der Waals surface area contributed by atoms with Crippen molar-refractivity contribution in [3.05, 3.63) is 33.8 Å². The van der Waals surface area contributed by atoms with Crippen molar-refractivity contribution in [2.24, 2.45) is 17.6 Å². The Labute approximate surface area is 152 Å². The molecule has 0 aliphatic carbocycles. The monoisotopic (exact) mass is 374 g/mol. The predicted octanol–water partition coefficient (Wildman–Crippen LogP) is 2.55. The van der Waals surface area contributed by atoms with Crippen LogP contribution in [-0.4, -0.2) is 30.1 Å². The van der Waals surface area contributed by atoms with Gasteiger partial charge in [-0.1, -0.05) is 36.2 Å². The van der Waals surface area contributed by atoms with Gasteiger partial charge in [0.2, 0.25) is 11.8 Å². The van der Waals surface area contributed by atoms with Crippen LogP contribution >= 0.6 is 23.2 Å². The van der Waals surface area contributed by atoms with Gasteiger partial charge in [-0.25, -0.2) is 0 Å². The molecule has 0 aliphatic rings. The summed E-state index contributed by atoms with van der Waals surface area (Å²) in [6.45, 7) is 1.68. The molecular formula is C17H24Cl2N2O3. The van der Waals surface area contributed by atoms with Gasteiger partial charge in [0.25, 0.3) is 0 Å². The second-order valence-corrected chi connectivity index (χ2v) is 6.84. The zero-order chi connectivity index (χ0) is 18.3. The topological polar surface area (TPSA) is 92.4 Å². The SMILES string of the molecule is CNC(=O)[C@H](CC(C)C(N)=O)C[C@@H](O)CCc1ccc(Cl)c(Cl)c1. The molecule has 1 unspecified atom stereocenters. The number of benzene rings is 1. The molecule has 2 amide bonds. The molecule has 0 aliphatic heterocycles. The van der Waals surface area contributed by atoms with Crippen LogP contribution in [0, 0.1) is 11.8 Å². The Balaban J connectivity index is 2.60. The van der Waals surface area contributed by atoms with E-state index in [0.717, 1.165) is 5.56 Å². The molecule has 4 N–H and O–H groups in total. The minimum absolute atomic E-state index is 0.198. The van der Waals surface area contributed by atoms with E-state index in [-0.39, 0.29) is 12.3 Å². The fourth-order valence-electron chi connectivity index (χ4n) is 2.53.